The largest absolute Gasteiger partial charge is 0.500 e. The summed E-state index contributed by atoms with van der Waals surface area (Å²) in [6.07, 6.45) is 1.41. The Morgan fingerprint density at radius 2 is 2.11 bits per heavy atom. The molecule has 0 unspecified atom stereocenters. The monoisotopic (exact) mass is 387 g/mol. The number of phenolic OH excluding ortho intramolecular Hbond substituents is 1. The van der Waals surface area contributed by atoms with Gasteiger partial charge in [0.25, 0.3) is 5.56 Å². The lowest BCUT2D eigenvalue weighted by Crippen LogP contribution is -2.17. The number of hydrogen-bond donors (Lipinski definition) is 1. The Morgan fingerprint density at radius 1 is 1.37 bits per heavy atom. The van der Waals surface area contributed by atoms with Gasteiger partial charge in [0.15, 0.2) is 5.75 Å². The molecule has 3 rings (SSSR count). The van der Waals surface area contributed by atoms with Crippen LogP contribution in [0.2, 0.25) is 0 Å². The molecule has 0 atom stereocenters. The Bertz CT molecular complexity index is 1150. The summed E-state index contributed by atoms with van der Waals surface area (Å²) >= 11 is 6.30. The number of aromatic hydroxyl groups is 1. The van der Waals surface area contributed by atoms with E-state index in [9.17, 15) is 20.0 Å². The lowest BCUT2D eigenvalue weighted by atomic mass is 10.1. The second-order valence-corrected chi connectivity index (χ2v) is 6.09. The molecule has 0 aliphatic carbocycles. The van der Waals surface area contributed by atoms with Crippen LogP contribution in [-0.2, 0) is 0 Å². The van der Waals surface area contributed by atoms with Crippen molar-refractivity contribution >= 4 is 34.0 Å². The van der Waals surface area contributed by atoms with Crippen molar-refractivity contribution in [2.45, 2.75) is 6.92 Å². The van der Waals surface area contributed by atoms with Gasteiger partial charge in [-0.05, 0) is 36.8 Å². The molecule has 0 aliphatic heterocycles. The molecule has 8 nitrogen and oxygen atoms in total. The maximum atomic E-state index is 12.4. The summed E-state index contributed by atoms with van der Waals surface area (Å²) in [5, 5.41) is 21.0. The lowest BCUT2D eigenvalue weighted by molar-refractivity contribution is -0.386. The van der Waals surface area contributed by atoms with Crippen LogP contribution >= 0.6 is 11.6 Å². The van der Waals surface area contributed by atoms with Gasteiger partial charge >= 0.3 is 5.69 Å². The van der Waals surface area contributed by atoms with Gasteiger partial charge in [0.05, 0.1) is 22.8 Å². The van der Waals surface area contributed by atoms with Crippen molar-refractivity contribution in [2.75, 3.05) is 7.11 Å². The number of fused-ring (bicyclic) bond motifs is 1. The number of hydrogen-bond acceptors (Lipinski definition) is 6. The third-order valence-corrected chi connectivity index (χ3v) is 4.21. The molecule has 0 fully saturated rings. The van der Waals surface area contributed by atoms with Crippen LogP contribution in [-0.4, -0.2) is 26.5 Å². The zero-order valence-electron chi connectivity index (χ0n) is 14.3. The first-order valence-electron chi connectivity index (χ1n) is 7.74. The SMILES string of the molecule is COc1cc(/C=C(\Cl)c2cc(=O)n3c(C)cccc3n2)cc([N+](=O)[O-])c1O. The third kappa shape index (κ3) is 3.47. The smallest absolute Gasteiger partial charge is 0.315 e. The first kappa shape index (κ1) is 18.4. The molecule has 0 radical (unpaired) electrons. The summed E-state index contributed by atoms with van der Waals surface area (Å²) in [7, 11) is 1.28. The second kappa shape index (κ2) is 7.08. The summed E-state index contributed by atoms with van der Waals surface area (Å²) in [5.74, 6) is -0.643. The Labute approximate surface area is 158 Å². The highest BCUT2D eigenvalue weighted by Gasteiger charge is 2.19. The predicted octanol–water partition coefficient (Wildman–Crippen LogP) is 3.36. The number of methoxy groups -OCH3 is 1. The number of halogens is 1. The number of ether oxygens (including phenoxy) is 1. The minimum Gasteiger partial charge on any atom is -0.500 e. The van der Waals surface area contributed by atoms with Crippen LogP contribution in [0.15, 0.2) is 41.2 Å². The maximum Gasteiger partial charge on any atom is 0.315 e. The highest BCUT2D eigenvalue weighted by Crippen LogP contribution is 2.38. The zero-order chi connectivity index (χ0) is 19.7. The summed E-state index contributed by atoms with van der Waals surface area (Å²) in [6, 6.07) is 9.06. The average Bonchev–Trinajstić information content (AvgIpc) is 2.62. The number of rotatable bonds is 4. The van der Waals surface area contributed by atoms with Crippen LogP contribution in [0.3, 0.4) is 0 Å². The van der Waals surface area contributed by atoms with Crippen LogP contribution in [0.4, 0.5) is 5.69 Å². The number of aryl methyl sites for hydroxylation is 1. The third-order valence-electron chi connectivity index (χ3n) is 3.91. The van der Waals surface area contributed by atoms with Gasteiger partial charge in [-0.25, -0.2) is 4.98 Å². The topological polar surface area (TPSA) is 107 Å². The Kier molecular flexibility index (Phi) is 4.83. The van der Waals surface area contributed by atoms with Crippen LogP contribution in [0.5, 0.6) is 11.5 Å². The number of phenols is 1. The Balaban J connectivity index is 2.14. The molecule has 0 aliphatic rings. The molecule has 1 aromatic carbocycles. The minimum absolute atomic E-state index is 0.0675. The molecular formula is C18H14ClN3O5. The van der Waals surface area contributed by atoms with Crippen molar-refractivity contribution in [3.63, 3.8) is 0 Å². The quantitative estimate of drug-likeness (QED) is 0.543. The number of nitro benzene ring substituents is 1. The van der Waals surface area contributed by atoms with Crippen LogP contribution in [0, 0.1) is 17.0 Å². The van der Waals surface area contributed by atoms with Gasteiger partial charge in [0.1, 0.15) is 5.65 Å². The molecule has 3 aromatic rings. The molecular weight excluding hydrogens is 374 g/mol. The van der Waals surface area contributed by atoms with E-state index in [4.69, 9.17) is 16.3 Å². The summed E-state index contributed by atoms with van der Waals surface area (Å²) in [5.41, 5.74) is 0.879. The number of pyridine rings is 1. The molecule has 0 saturated carbocycles. The van der Waals surface area contributed by atoms with Gasteiger partial charge in [0.2, 0.25) is 5.75 Å². The van der Waals surface area contributed by atoms with Gasteiger partial charge in [0, 0.05) is 17.8 Å². The van der Waals surface area contributed by atoms with Gasteiger partial charge < -0.3 is 9.84 Å². The first-order valence-corrected chi connectivity index (χ1v) is 8.12. The van der Waals surface area contributed by atoms with E-state index < -0.39 is 16.4 Å². The van der Waals surface area contributed by atoms with Crippen LogP contribution < -0.4 is 10.3 Å². The molecule has 1 N–H and O–H groups in total. The van der Waals surface area contributed by atoms with E-state index >= 15 is 0 Å². The second-order valence-electron chi connectivity index (χ2n) is 5.68. The number of nitrogens with zero attached hydrogens (tertiary/aromatic N) is 3. The van der Waals surface area contributed by atoms with E-state index in [0.29, 0.717) is 11.2 Å². The van der Waals surface area contributed by atoms with Crippen molar-refractivity contribution in [3.8, 4) is 11.5 Å². The molecule has 0 amide bonds. The molecule has 138 valence electrons. The van der Waals surface area contributed by atoms with Crippen molar-refractivity contribution < 1.29 is 14.8 Å². The maximum absolute atomic E-state index is 12.4. The fraction of sp³-hybridized carbons (Fsp3) is 0.111. The van der Waals surface area contributed by atoms with Gasteiger partial charge in [-0.1, -0.05) is 17.7 Å². The van der Waals surface area contributed by atoms with Crippen molar-refractivity contribution in [2.24, 2.45) is 0 Å². The summed E-state index contributed by atoms with van der Waals surface area (Å²) in [4.78, 5) is 27.1. The summed E-state index contributed by atoms with van der Waals surface area (Å²) < 4.78 is 6.40. The van der Waals surface area contributed by atoms with E-state index in [1.807, 2.05) is 0 Å². The van der Waals surface area contributed by atoms with Gasteiger partial charge in [-0.2, -0.15) is 0 Å². The van der Waals surface area contributed by atoms with E-state index in [1.165, 1.54) is 29.7 Å². The standard InChI is InChI=1S/C18H14ClN3O5/c1-10-4-3-5-16-20-13(9-17(23)21(10)16)12(19)6-11-7-14(22(25)26)18(24)15(8-11)27-2/h3-9,24H,1-2H3/b12-6-. The zero-order valence-corrected chi connectivity index (χ0v) is 15.1. The number of benzene rings is 1. The molecule has 0 spiro atoms. The van der Waals surface area contributed by atoms with Crippen molar-refractivity contribution in [1.82, 2.24) is 9.38 Å². The molecule has 0 bridgehead atoms. The molecule has 0 saturated heterocycles. The lowest BCUT2D eigenvalue weighted by Gasteiger charge is -2.07. The van der Waals surface area contributed by atoms with E-state index in [-0.39, 0.29) is 22.0 Å². The van der Waals surface area contributed by atoms with Crippen LogP contribution in [0.1, 0.15) is 17.0 Å². The minimum atomic E-state index is -0.730. The molecule has 27 heavy (non-hydrogen) atoms. The number of aromatic nitrogens is 2. The Hall–Kier alpha value is -3.39. The normalized spacial score (nSPS) is 11.6. The van der Waals surface area contributed by atoms with E-state index in [1.54, 1.807) is 25.1 Å². The van der Waals surface area contributed by atoms with Gasteiger partial charge in [-0.3, -0.25) is 19.3 Å². The van der Waals surface area contributed by atoms with Crippen molar-refractivity contribution in [3.05, 3.63) is 73.8 Å². The molecule has 2 aromatic heterocycles. The number of nitro groups is 1. The van der Waals surface area contributed by atoms with Crippen molar-refractivity contribution in [1.29, 1.82) is 0 Å². The molecule has 9 heteroatoms. The fourth-order valence-electron chi connectivity index (χ4n) is 2.65. The molecule has 2 heterocycles. The highest BCUT2D eigenvalue weighted by molar-refractivity contribution is 6.51. The first-order chi connectivity index (χ1) is 12.8. The Morgan fingerprint density at radius 3 is 2.78 bits per heavy atom. The van der Waals surface area contributed by atoms with Crippen LogP contribution in [0.25, 0.3) is 16.8 Å². The summed E-state index contributed by atoms with van der Waals surface area (Å²) in [6.45, 7) is 1.79. The van der Waals surface area contributed by atoms with E-state index in [2.05, 4.69) is 4.98 Å². The van der Waals surface area contributed by atoms with Gasteiger partial charge in [-0.15, -0.1) is 0 Å². The predicted molar refractivity (Wildman–Crippen MR) is 101 cm³/mol. The fourth-order valence-corrected chi connectivity index (χ4v) is 2.87. The highest BCUT2D eigenvalue weighted by atomic mass is 35.5. The average molecular weight is 388 g/mol. The van der Waals surface area contributed by atoms with E-state index in [0.717, 1.165) is 11.8 Å².